The molecule has 3 rings (SSSR count). The second-order valence-electron chi connectivity index (χ2n) is 6.10. The first-order valence-corrected chi connectivity index (χ1v) is 8.26. The zero-order valence-corrected chi connectivity index (χ0v) is 14.4. The van der Waals surface area contributed by atoms with Crippen molar-refractivity contribution in [2.75, 3.05) is 18.5 Å². The Hall–Kier alpha value is -3.26. The molecule has 1 aromatic carbocycles. The lowest BCUT2D eigenvalue weighted by Crippen LogP contribution is -2.29. The summed E-state index contributed by atoms with van der Waals surface area (Å²) in [6.45, 7) is 0.733. The molecular weight excluding hydrogens is 379 g/mol. The summed E-state index contributed by atoms with van der Waals surface area (Å²) in [5, 5.41) is 16.4. The Morgan fingerprint density at radius 3 is 2.71 bits per heavy atom. The van der Waals surface area contributed by atoms with E-state index in [1.165, 1.54) is 23.0 Å². The van der Waals surface area contributed by atoms with Crippen molar-refractivity contribution in [2.24, 2.45) is 11.7 Å². The monoisotopic (exact) mass is 395 g/mol. The summed E-state index contributed by atoms with van der Waals surface area (Å²) in [5.74, 6) is -1.33. The molecule has 2 heterocycles. The van der Waals surface area contributed by atoms with Gasteiger partial charge in [-0.2, -0.15) is 10.4 Å². The van der Waals surface area contributed by atoms with E-state index in [1.54, 1.807) is 0 Å². The van der Waals surface area contributed by atoms with Crippen LogP contribution in [0.1, 0.15) is 22.8 Å². The molecule has 1 aromatic heterocycles. The number of alkyl halides is 3. The van der Waals surface area contributed by atoms with Crippen molar-refractivity contribution in [1.82, 2.24) is 9.78 Å². The van der Waals surface area contributed by atoms with E-state index in [1.807, 2.05) is 0 Å². The van der Waals surface area contributed by atoms with Gasteiger partial charge in [-0.1, -0.05) is 0 Å². The maximum Gasteiger partial charge on any atom is 0.573 e. The number of nitriles is 1. The van der Waals surface area contributed by atoms with Gasteiger partial charge in [-0.15, -0.1) is 13.2 Å². The van der Waals surface area contributed by atoms with Crippen LogP contribution in [0.2, 0.25) is 0 Å². The Labute approximate surface area is 157 Å². The van der Waals surface area contributed by atoms with Gasteiger partial charge in [0, 0.05) is 18.5 Å². The minimum absolute atomic E-state index is 0.0814. The Kier molecular flexibility index (Phi) is 5.41. The zero-order chi connectivity index (χ0) is 20.3. The van der Waals surface area contributed by atoms with Crippen LogP contribution in [0.25, 0.3) is 0 Å². The van der Waals surface area contributed by atoms with Gasteiger partial charge < -0.3 is 20.5 Å². The molecule has 0 radical (unpaired) electrons. The lowest BCUT2D eigenvalue weighted by Gasteiger charge is -2.26. The Bertz CT molecular complexity index is 889. The van der Waals surface area contributed by atoms with Gasteiger partial charge in [0.1, 0.15) is 11.3 Å². The molecule has 1 aliphatic rings. The number of nitrogens with two attached hydrogens (primary N) is 1. The van der Waals surface area contributed by atoms with Gasteiger partial charge in [0.25, 0.3) is 5.91 Å². The van der Waals surface area contributed by atoms with E-state index >= 15 is 0 Å². The number of benzene rings is 1. The Morgan fingerprint density at radius 1 is 1.39 bits per heavy atom. The highest BCUT2D eigenvalue weighted by atomic mass is 19.4. The van der Waals surface area contributed by atoms with Gasteiger partial charge in [-0.25, -0.2) is 0 Å². The number of nitrogens with one attached hydrogen (secondary N) is 1. The van der Waals surface area contributed by atoms with Crippen LogP contribution in [0.3, 0.4) is 0 Å². The van der Waals surface area contributed by atoms with Gasteiger partial charge in [-0.05, 0) is 30.7 Å². The molecule has 11 heteroatoms. The molecule has 0 spiro atoms. The second kappa shape index (κ2) is 7.77. The fraction of sp³-hybridized carbons (Fsp3) is 0.353. The predicted octanol–water partition coefficient (Wildman–Crippen LogP) is 2.73. The van der Waals surface area contributed by atoms with Crippen molar-refractivity contribution < 1.29 is 27.4 Å². The lowest BCUT2D eigenvalue weighted by atomic mass is 9.97. The number of primary amides is 1. The van der Waals surface area contributed by atoms with E-state index in [4.69, 9.17) is 10.5 Å². The van der Waals surface area contributed by atoms with Gasteiger partial charge in [0.05, 0.1) is 24.6 Å². The number of aromatic nitrogens is 2. The average Bonchev–Trinajstić information content (AvgIpc) is 3.06. The number of carbonyl (C=O) groups excluding carboxylic acids is 1. The number of nitrogens with zero attached hydrogens (tertiary/aromatic N) is 3. The minimum atomic E-state index is -4.79. The van der Waals surface area contributed by atoms with E-state index in [0.29, 0.717) is 18.7 Å². The molecule has 1 amide bonds. The highest BCUT2D eigenvalue weighted by Gasteiger charge is 2.31. The van der Waals surface area contributed by atoms with Gasteiger partial charge >= 0.3 is 6.36 Å². The topological polar surface area (TPSA) is 115 Å². The summed E-state index contributed by atoms with van der Waals surface area (Å²) in [6, 6.07) is 6.75. The molecule has 1 unspecified atom stereocenters. The van der Waals surface area contributed by atoms with Gasteiger partial charge in [0.15, 0.2) is 5.82 Å². The molecule has 8 nitrogen and oxygen atoms in total. The molecular formula is C17H16F3N5O3. The third-order valence-electron chi connectivity index (χ3n) is 4.18. The normalized spacial score (nSPS) is 19.6. The van der Waals surface area contributed by atoms with Crippen LogP contribution in [0.4, 0.5) is 24.7 Å². The van der Waals surface area contributed by atoms with Crippen LogP contribution in [0.5, 0.6) is 5.75 Å². The number of ether oxygens (including phenoxy) is 2. The van der Waals surface area contributed by atoms with E-state index in [2.05, 4.69) is 21.2 Å². The van der Waals surface area contributed by atoms with Crippen molar-refractivity contribution in [3.63, 3.8) is 0 Å². The third kappa shape index (κ3) is 4.52. The van der Waals surface area contributed by atoms with Crippen LogP contribution in [-0.2, 0) is 4.74 Å². The first kappa shape index (κ1) is 19.5. The fourth-order valence-electron chi connectivity index (χ4n) is 2.85. The van der Waals surface area contributed by atoms with Crippen LogP contribution in [0.15, 0.2) is 30.5 Å². The highest BCUT2D eigenvalue weighted by molar-refractivity contribution is 5.98. The van der Waals surface area contributed by atoms with E-state index in [9.17, 15) is 23.2 Å². The van der Waals surface area contributed by atoms with Crippen molar-refractivity contribution in [3.05, 3.63) is 36.0 Å². The number of hydrogen-bond acceptors (Lipinski definition) is 6. The summed E-state index contributed by atoms with van der Waals surface area (Å²) in [4.78, 5) is 11.8. The number of anilines is 2. The Balaban J connectivity index is 1.82. The van der Waals surface area contributed by atoms with Crippen LogP contribution in [0, 0.1) is 17.2 Å². The van der Waals surface area contributed by atoms with Crippen molar-refractivity contribution in [3.8, 4) is 11.8 Å². The summed E-state index contributed by atoms with van der Waals surface area (Å²) in [7, 11) is 0. The number of carbonyl (C=O) groups is 1. The standard InChI is InChI=1S/C17H16F3N5O3/c18-17(19,20)28-12-3-1-11(2-4-12)23-16-13(15(22)26)8-25(24-16)14-9-27-6-5-10(14)7-21/h1-4,8,10,14H,5-6,9H2,(H2,22,26)(H,23,24)/t10?,14-/m0/s1. The van der Waals surface area contributed by atoms with E-state index < -0.39 is 12.3 Å². The van der Waals surface area contributed by atoms with Gasteiger partial charge in [-0.3, -0.25) is 9.48 Å². The van der Waals surface area contributed by atoms with Crippen molar-refractivity contribution in [1.29, 1.82) is 5.26 Å². The largest absolute Gasteiger partial charge is 0.573 e. The maximum absolute atomic E-state index is 12.2. The predicted molar refractivity (Wildman–Crippen MR) is 90.7 cm³/mol. The molecule has 3 N–H and O–H groups in total. The SMILES string of the molecule is N#CC1CCOC[C@@H]1n1cc(C(N)=O)c(Nc2ccc(OC(F)(F)F)cc2)n1. The van der Waals surface area contributed by atoms with Crippen LogP contribution >= 0.6 is 0 Å². The third-order valence-corrected chi connectivity index (χ3v) is 4.18. The smallest absolute Gasteiger partial charge is 0.406 e. The maximum atomic E-state index is 12.2. The molecule has 2 atom stereocenters. The summed E-state index contributed by atoms with van der Waals surface area (Å²) >= 11 is 0. The van der Waals surface area contributed by atoms with Crippen LogP contribution in [-0.4, -0.2) is 35.3 Å². The first-order chi connectivity index (χ1) is 13.3. The molecule has 28 heavy (non-hydrogen) atoms. The molecule has 1 fully saturated rings. The summed E-state index contributed by atoms with van der Waals surface area (Å²) < 4.78 is 47.4. The number of halogens is 3. The number of amides is 1. The minimum Gasteiger partial charge on any atom is -0.406 e. The van der Waals surface area contributed by atoms with E-state index in [-0.39, 0.29) is 35.7 Å². The van der Waals surface area contributed by atoms with Gasteiger partial charge in [0.2, 0.25) is 0 Å². The lowest BCUT2D eigenvalue weighted by molar-refractivity contribution is -0.274. The molecule has 1 aliphatic heterocycles. The molecule has 0 saturated carbocycles. The summed E-state index contributed by atoms with van der Waals surface area (Å²) in [5.41, 5.74) is 5.85. The molecule has 148 valence electrons. The molecule has 2 aromatic rings. The average molecular weight is 395 g/mol. The second-order valence-corrected chi connectivity index (χ2v) is 6.10. The Morgan fingerprint density at radius 2 is 2.11 bits per heavy atom. The molecule has 0 aliphatic carbocycles. The molecule has 0 bridgehead atoms. The first-order valence-electron chi connectivity index (χ1n) is 8.26. The van der Waals surface area contributed by atoms with E-state index in [0.717, 1.165) is 12.1 Å². The van der Waals surface area contributed by atoms with Crippen molar-refractivity contribution in [2.45, 2.75) is 18.8 Å². The quantitative estimate of drug-likeness (QED) is 0.804. The summed E-state index contributed by atoms with van der Waals surface area (Å²) in [6.07, 6.45) is -2.82. The number of hydrogen-bond donors (Lipinski definition) is 2. The zero-order valence-electron chi connectivity index (χ0n) is 14.4. The fourth-order valence-corrected chi connectivity index (χ4v) is 2.85. The highest BCUT2D eigenvalue weighted by Crippen LogP contribution is 2.29. The van der Waals surface area contributed by atoms with Crippen molar-refractivity contribution >= 4 is 17.4 Å². The molecule has 1 saturated heterocycles. The van der Waals surface area contributed by atoms with Crippen LogP contribution < -0.4 is 15.8 Å². The number of rotatable bonds is 5.